The van der Waals surface area contributed by atoms with Crippen molar-refractivity contribution in [1.82, 2.24) is 15.3 Å². The van der Waals surface area contributed by atoms with Gasteiger partial charge in [0.05, 0.1) is 11.4 Å². The highest BCUT2D eigenvalue weighted by Gasteiger charge is 2.17. The number of carbonyl (C=O) groups excluding carboxylic acids is 1. The summed E-state index contributed by atoms with van der Waals surface area (Å²) >= 11 is 1.36. The summed E-state index contributed by atoms with van der Waals surface area (Å²) in [6.07, 6.45) is 2.44. The Hall–Kier alpha value is -2.93. The lowest BCUT2D eigenvalue weighted by Gasteiger charge is -2.05. The standard InChI is InChI=1S/C19H17N3O3S/c1-12-17(26-19(22-12)14-4-2-3-8-20-14)18(23)21-9-7-13-5-6-15-16(10-13)25-11-24-15/h2-6,8,10H,7,9,11H2,1H3,(H,21,23). The molecule has 4 rings (SSSR count). The molecule has 132 valence electrons. The Kier molecular flexibility index (Phi) is 4.53. The zero-order chi connectivity index (χ0) is 17.9. The molecule has 0 atom stereocenters. The summed E-state index contributed by atoms with van der Waals surface area (Å²) < 4.78 is 10.7. The zero-order valence-electron chi connectivity index (χ0n) is 14.2. The lowest BCUT2D eigenvalue weighted by molar-refractivity contribution is 0.0957. The largest absolute Gasteiger partial charge is 0.454 e. The van der Waals surface area contributed by atoms with Crippen molar-refractivity contribution in [3.8, 4) is 22.2 Å². The van der Waals surface area contributed by atoms with Gasteiger partial charge in [-0.15, -0.1) is 11.3 Å². The molecule has 0 bridgehead atoms. The van der Waals surface area contributed by atoms with Crippen LogP contribution in [0.25, 0.3) is 10.7 Å². The Morgan fingerprint density at radius 3 is 2.96 bits per heavy atom. The van der Waals surface area contributed by atoms with E-state index in [9.17, 15) is 4.79 Å². The number of aryl methyl sites for hydroxylation is 1. The number of hydrogen-bond acceptors (Lipinski definition) is 6. The van der Waals surface area contributed by atoms with Crippen LogP contribution in [0.1, 0.15) is 20.9 Å². The van der Waals surface area contributed by atoms with Crippen LogP contribution in [0.4, 0.5) is 0 Å². The second kappa shape index (κ2) is 7.13. The van der Waals surface area contributed by atoms with E-state index in [-0.39, 0.29) is 12.7 Å². The highest BCUT2D eigenvalue weighted by molar-refractivity contribution is 7.17. The molecule has 26 heavy (non-hydrogen) atoms. The van der Waals surface area contributed by atoms with E-state index < -0.39 is 0 Å². The second-order valence-electron chi connectivity index (χ2n) is 5.84. The Labute approximate surface area is 154 Å². The Bertz CT molecular complexity index is 940. The Morgan fingerprint density at radius 1 is 1.23 bits per heavy atom. The van der Waals surface area contributed by atoms with Crippen molar-refractivity contribution in [1.29, 1.82) is 0 Å². The molecule has 3 heterocycles. The van der Waals surface area contributed by atoms with E-state index in [0.717, 1.165) is 33.5 Å². The normalized spacial score (nSPS) is 12.2. The minimum Gasteiger partial charge on any atom is -0.454 e. The fraction of sp³-hybridized carbons (Fsp3) is 0.211. The van der Waals surface area contributed by atoms with Crippen LogP contribution in [0, 0.1) is 6.92 Å². The van der Waals surface area contributed by atoms with Crippen LogP contribution in [0.3, 0.4) is 0 Å². The van der Waals surface area contributed by atoms with E-state index in [1.165, 1.54) is 11.3 Å². The smallest absolute Gasteiger partial charge is 0.263 e. The molecule has 3 aromatic rings. The van der Waals surface area contributed by atoms with Crippen LogP contribution in [-0.4, -0.2) is 29.2 Å². The van der Waals surface area contributed by atoms with Gasteiger partial charge in [-0.1, -0.05) is 12.1 Å². The van der Waals surface area contributed by atoms with Crippen LogP contribution in [0.5, 0.6) is 11.5 Å². The number of aromatic nitrogens is 2. The molecule has 1 aliphatic heterocycles. The number of nitrogens with one attached hydrogen (secondary N) is 1. The Morgan fingerprint density at radius 2 is 2.12 bits per heavy atom. The minimum absolute atomic E-state index is 0.108. The highest BCUT2D eigenvalue weighted by Crippen LogP contribution is 2.32. The van der Waals surface area contributed by atoms with Crippen LogP contribution >= 0.6 is 11.3 Å². The maximum absolute atomic E-state index is 12.5. The van der Waals surface area contributed by atoms with Crippen molar-refractivity contribution in [3.63, 3.8) is 0 Å². The third-order valence-corrected chi connectivity index (χ3v) is 5.20. The minimum atomic E-state index is -0.108. The predicted molar refractivity (Wildman–Crippen MR) is 98.7 cm³/mol. The lowest BCUT2D eigenvalue weighted by Crippen LogP contribution is -2.25. The molecule has 1 aromatic carbocycles. The summed E-state index contributed by atoms with van der Waals surface area (Å²) in [5.41, 5.74) is 2.58. The van der Waals surface area contributed by atoms with Crippen molar-refractivity contribution in [2.24, 2.45) is 0 Å². The molecule has 0 radical (unpaired) electrons. The van der Waals surface area contributed by atoms with Crippen LogP contribution in [0.15, 0.2) is 42.6 Å². The number of carbonyl (C=O) groups is 1. The van der Waals surface area contributed by atoms with Gasteiger partial charge in [-0.2, -0.15) is 0 Å². The number of ether oxygens (including phenoxy) is 2. The average Bonchev–Trinajstić information content (AvgIpc) is 3.28. The highest BCUT2D eigenvalue weighted by atomic mass is 32.1. The molecule has 1 amide bonds. The molecule has 0 fully saturated rings. The van der Waals surface area contributed by atoms with Gasteiger partial charge in [0.1, 0.15) is 9.88 Å². The van der Waals surface area contributed by atoms with Crippen molar-refractivity contribution >= 4 is 17.2 Å². The fourth-order valence-corrected chi connectivity index (χ4v) is 3.66. The van der Waals surface area contributed by atoms with E-state index >= 15 is 0 Å². The third kappa shape index (κ3) is 3.39. The van der Waals surface area contributed by atoms with Crippen molar-refractivity contribution in [3.05, 3.63) is 58.7 Å². The second-order valence-corrected chi connectivity index (χ2v) is 6.84. The zero-order valence-corrected chi connectivity index (χ0v) is 15.0. The van der Waals surface area contributed by atoms with Gasteiger partial charge in [-0.3, -0.25) is 9.78 Å². The third-order valence-electron chi connectivity index (χ3n) is 4.02. The first-order valence-electron chi connectivity index (χ1n) is 8.26. The summed E-state index contributed by atoms with van der Waals surface area (Å²) in [7, 11) is 0. The molecule has 0 spiro atoms. The average molecular weight is 367 g/mol. The summed E-state index contributed by atoms with van der Waals surface area (Å²) in [5.74, 6) is 1.41. The van der Waals surface area contributed by atoms with Gasteiger partial charge in [0.15, 0.2) is 11.5 Å². The number of fused-ring (bicyclic) bond motifs is 1. The van der Waals surface area contributed by atoms with Crippen molar-refractivity contribution in [2.75, 3.05) is 13.3 Å². The van der Waals surface area contributed by atoms with Crippen molar-refractivity contribution in [2.45, 2.75) is 13.3 Å². The SMILES string of the molecule is Cc1nc(-c2ccccn2)sc1C(=O)NCCc1ccc2c(c1)OCO2. The molecule has 6 nitrogen and oxygen atoms in total. The van der Waals surface area contributed by atoms with Crippen LogP contribution < -0.4 is 14.8 Å². The number of hydrogen-bond donors (Lipinski definition) is 1. The first kappa shape index (κ1) is 16.5. The van der Waals surface area contributed by atoms with E-state index in [0.29, 0.717) is 17.8 Å². The molecule has 1 N–H and O–H groups in total. The van der Waals surface area contributed by atoms with E-state index in [1.54, 1.807) is 6.20 Å². The summed E-state index contributed by atoms with van der Waals surface area (Å²) in [6, 6.07) is 11.5. The maximum atomic E-state index is 12.5. The Balaban J connectivity index is 1.39. The number of nitrogens with zero attached hydrogens (tertiary/aromatic N) is 2. The van der Waals surface area contributed by atoms with Gasteiger partial charge in [-0.25, -0.2) is 4.98 Å². The molecule has 0 saturated heterocycles. The van der Waals surface area contributed by atoms with E-state index in [4.69, 9.17) is 9.47 Å². The molecular formula is C19H17N3O3S. The van der Waals surface area contributed by atoms with Gasteiger partial charge >= 0.3 is 0 Å². The van der Waals surface area contributed by atoms with E-state index in [2.05, 4.69) is 15.3 Å². The lowest BCUT2D eigenvalue weighted by atomic mass is 10.1. The number of rotatable bonds is 5. The molecular weight excluding hydrogens is 350 g/mol. The molecule has 0 unspecified atom stereocenters. The monoisotopic (exact) mass is 367 g/mol. The van der Waals surface area contributed by atoms with Gasteiger partial charge in [0, 0.05) is 12.7 Å². The van der Waals surface area contributed by atoms with Gasteiger partial charge in [0.25, 0.3) is 5.91 Å². The van der Waals surface area contributed by atoms with Crippen molar-refractivity contribution < 1.29 is 14.3 Å². The summed E-state index contributed by atoms with van der Waals surface area (Å²) in [4.78, 5) is 21.9. The topological polar surface area (TPSA) is 73.3 Å². The summed E-state index contributed by atoms with van der Waals surface area (Å²) in [6.45, 7) is 2.64. The first-order valence-corrected chi connectivity index (χ1v) is 9.08. The predicted octanol–water partition coefficient (Wildman–Crippen LogP) is 3.21. The van der Waals surface area contributed by atoms with Crippen LogP contribution in [-0.2, 0) is 6.42 Å². The number of pyridine rings is 1. The molecule has 7 heteroatoms. The molecule has 2 aromatic heterocycles. The number of thiazole rings is 1. The van der Waals surface area contributed by atoms with Crippen LogP contribution in [0.2, 0.25) is 0 Å². The van der Waals surface area contributed by atoms with E-state index in [1.807, 2.05) is 43.3 Å². The maximum Gasteiger partial charge on any atom is 0.263 e. The molecule has 0 aliphatic carbocycles. The molecule has 1 aliphatic rings. The van der Waals surface area contributed by atoms with Gasteiger partial charge in [0.2, 0.25) is 6.79 Å². The van der Waals surface area contributed by atoms with Gasteiger partial charge in [-0.05, 0) is 43.2 Å². The fourth-order valence-electron chi connectivity index (χ4n) is 2.70. The quantitative estimate of drug-likeness (QED) is 0.750. The van der Waals surface area contributed by atoms with Gasteiger partial charge < -0.3 is 14.8 Å². The first-order chi connectivity index (χ1) is 12.7. The molecule has 0 saturated carbocycles. The summed E-state index contributed by atoms with van der Waals surface area (Å²) in [5, 5.41) is 3.71. The number of amides is 1. The number of benzene rings is 1.